The Balaban J connectivity index is 2.02. The average Bonchev–Trinajstić information content (AvgIpc) is 3.15. The van der Waals surface area contributed by atoms with Gasteiger partial charge in [-0.3, -0.25) is 0 Å². The van der Waals surface area contributed by atoms with Gasteiger partial charge in [0.1, 0.15) is 21.9 Å². The molecular formula is C15H13ClFN3O2S2. The lowest BCUT2D eigenvalue weighted by molar-refractivity contribution is 0.564. The molecule has 0 spiro atoms. The van der Waals surface area contributed by atoms with Gasteiger partial charge in [-0.15, -0.1) is 11.3 Å². The van der Waals surface area contributed by atoms with Crippen molar-refractivity contribution in [3.8, 4) is 0 Å². The van der Waals surface area contributed by atoms with Gasteiger partial charge < -0.3 is 4.57 Å². The van der Waals surface area contributed by atoms with E-state index < -0.39 is 21.9 Å². The first kappa shape index (κ1) is 17.1. The number of nitrogens with one attached hydrogen (secondary N) is 1. The molecule has 0 aliphatic heterocycles. The monoisotopic (exact) mass is 385 g/mol. The maximum atomic E-state index is 13.2. The summed E-state index contributed by atoms with van der Waals surface area (Å²) >= 11 is 6.79. The van der Waals surface area contributed by atoms with E-state index in [-0.39, 0.29) is 4.21 Å². The van der Waals surface area contributed by atoms with E-state index in [2.05, 4.69) is 9.71 Å². The van der Waals surface area contributed by atoms with Crippen molar-refractivity contribution in [3.63, 3.8) is 0 Å². The molecule has 1 aromatic carbocycles. The van der Waals surface area contributed by atoms with Crippen molar-refractivity contribution in [2.75, 3.05) is 0 Å². The standard InChI is InChI=1S/C15H13ClFN3O2S2/c1-20-9-8-18-15(20)14(10-2-4-11(17)5-3-10)19-24(21,22)13-7-6-12(16)23-13/h2-9,14,19H,1H3. The summed E-state index contributed by atoms with van der Waals surface area (Å²) in [5.41, 5.74) is 0.580. The molecule has 24 heavy (non-hydrogen) atoms. The average molecular weight is 386 g/mol. The second-order valence-corrected chi connectivity index (χ2v) is 8.72. The molecule has 1 unspecified atom stereocenters. The fraction of sp³-hybridized carbons (Fsp3) is 0.133. The van der Waals surface area contributed by atoms with Crippen LogP contribution in [0.4, 0.5) is 4.39 Å². The van der Waals surface area contributed by atoms with Crippen LogP contribution in [0, 0.1) is 5.82 Å². The summed E-state index contributed by atoms with van der Waals surface area (Å²) in [5.74, 6) is 0.0954. The molecule has 3 aromatic rings. The van der Waals surface area contributed by atoms with Gasteiger partial charge in [-0.05, 0) is 29.8 Å². The van der Waals surface area contributed by atoms with Gasteiger partial charge in [0.05, 0.1) is 4.34 Å². The Kier molecular flexibility index (Phi) is 4.73. The number of thiophene rings is 1. The van der Waals surface area contributed by atoms with Crippen LogP contribution in [0.3, 0.4) is 0 Å². The highest BCUT2D eigenvalue weighted by Crippen LogP contribution is 2.28. The van der Waals surface area contributed by atoms with Crippen molar-refractivity contribution >= 4 is 33.0 Å². The topological polar surface area (TPSA) is 64.0 Å². The highest BCUT2D eigenvalue weighted by atomic mass is 35.5. The smallest absolute Gasteiger partial charge is 0.251 e. The van der Waals surface area contributed by atoms with Crippen LogP contribution in [0.15, 0.2) is 53.0 Å². The molecular weight excluding hydrogens is 373 g/mol. The number of imidazole rings is 1. The number of sulfonamides is 1. The van der Waals surface area contributed by atoms with Crippen LogP contribution >= 0.6 is 22.9 Å². The summed E-state index contributed by atoms with van der Waals surface area (Å²) in [7, 11) is -2.04. The first-order chi connectivity index (χ1) is 11.4. The summed E-state index contributed by atoms with van der Waals surface area (Å²) in [6.45, 7) is 0. The fourth-order valence-electron chi connectivity index (χ4n) is 2.24. The third kappa shape index (κ3) is 3.51. The summed E-state index contributed by atoms with van der Waals surface area (Å²) in [4.78, 5) is 4.22. The largest absolute Gasteiger partial charge is 0.336 e. The van der Waals surface area contributed by atoms with Gasteiger partial charge in [-0.1, -0.05) is 23.7 Å². The maximum Gasteiger partial charge on any atom is 0.251 e. The number of hydrogen-bond acceptors (Lipinski definition) is 4. The predicted molar refractivity (Wildman–Crippen MR) is 91.1 cm³/mol. The van der Waals surface area contributed by atoms with E-state index in [1.807, 2.05) is 0 Å². The van der Waals surface area contributed by atoms with E-state index in [1.165, 1.54) is 36.4 Å². The summed E-state index contributed by atoms with van der Waals surface area (Å²) < 4.78 is 43.3. The van der Waals surface area contributed by atoms with Gasteiger partial charge in [0.25, 0.3) is 10.0 Å². The molecule has 1 N–H and O–H groups in total. The van der Waals surface area contributed by atoms with Crippen molar-refractivity contribution < 1.29 is 12.8 Å². The fourth-order valence-corrected chi connectivity index (χ4v) is 4.92. The van der Waals surface area contributed by atoms with Crippen LogP contribution < -0.4 is 4.72 Å². The normalized spacial score (nSPS) is 13.1. The predicted octanol–water partition coefficient (Wildman–Crippen LogP) is 3.34. The minimum absolute atomic E-state index is 0.105. The van der Waals surface area contributed by atoms with E-state index in [1.54, 1.807) is 24.0 Å². The van der Waals surface area contributed by atoms with Gasteiger partial charge >= 0.3 is 0 Å². The lowest BCUT2D eigenvalue weighted by Gasteiger charge is -2.18. The molecule has 0 amide bonds. The molecule has 0 radical (unpaired) electrons. The molecule has 9 heteroatoms. The zero-order valence-corrected chi connectivity index (χ0v) is 14.9. The van der Waals surface area contributed by atoms with Crippen molar-refractivity contribution in [3.05, 3.63) is 70.3 Å². The third-order valence-electron chi connectivity index (χ3n) is 3.41. The van der Waals surface area contributed by atoms with E-state index in [0.717, 1.165) is 11.3 Å². The van der Waals surface area contributed by atoms with E-state index in [9.17, 15) is 12.8 Å². The molecule has 2 aromatic heterocycles. The van der Waals surface area contributed by atoms with Crippen LogP contribution in [0.1, 0.15) is 17.4 Å². The SMILES string of the molecule is Cn1ccnc1C(NS(=O)(=O)c1ccc(Cl)s1)c1ccc(F)cc1. The molecule has 0 aliphatic rings. The summed E-state index contributed by atoms with van der Waals surface area (Å²) in [5, 5.41) is 0. The highest BCUT2D eigenvalue weighted by molar-refractivity contribution is 7.91. The van der Waals surface area contributed by atoms with Gasteiger partial charge in [0.15, 0.2) is 0 Å². The zero-order valence-electron chi connectivity index (χ0n) is 12.5. The number of nitrogens with zero attached hydrogens (tertiary/aromatic N) is 2. The number of aromatic nitrogens is 2. The van der Waals surface area contributed by atoms with E-state index in [4.69, 9.17) is 11.6 Å². The van der Waals surface area contributed by atoms with Crippen molar-refractivity contribution in [2.24, 2.45) is 7.05 Å². The van der Waals surface area contributed by atoms with Gasteiger partial charge in [-0.25, -0.2) is 17.8 Å². The number of rotatable bonds is 5. The second-order valence-electron chi connectivity index (χ2n) is 5.06. The van der Waals surface area contributed by atoms with Crippen LogP contribution in [-0.2, 0) is 17.1 Å². The molecule has 0 fully saturated rings. The Morgan fingerprint density at radius 1 is 1.25 bits per heavy atom. The first-order valence-corrected chi connectivity index (χ1v) is 9.55. The quantitative estimate of drug-likeness (QED) is 0.732. The maximum absolute atomic E-state index is 13.2. The van der Waals surface area contributed by atoms with Crippen LogP contribution in [0.2, 0.25) is 4.34 Å². The van der Waals surface area contributed by atoms with Crippen LogP contribution in [0.25, 0.3) is 0 Å². The number of aryl methyl sites for hydroxylation is 1. The van der Waals surface area contributed by atoms with E-state index in [0.29, 0.717) is 15.7 Å². The Morgan fingerprint density at radius 2 is 1.96 bits per heavy atom. The van der Waals surface area contributed by atoms with Gasteiger partial charge in [-0.2, -0.15) is 4.72 Å². The first-order valence-electron chi connectivity index (χ1n) is 6.87. The van der Waals surface area contributed by atoms with Crippen LogP contribution in [0.5, 0.6) is 0 Å². The second kappa shape index (κ2) is 6.64. The number of halogens is 2. The molecule has 2 heterocycles. The lowest BCUT2D eigenvalue weighted by Crippen LogP contribution is -2.30. The Morgan fingerprint density at radius 3 is 2.50 bits per heavy atom. The Hall–Kier alpha value is -1.74. The summed E-state index contributed by atoms with van der Waals surface area (Å²) in [6.07, 6.45) is 3.28. The molecule has 0 aliphatic carbocycles. The molecule has 126 valence electrons. The third-order valence-corrected chi connectivity index (χ3v) is 6.55. The van der Waals surface area contributed by atoms with Crippen molar-refractivity contribution in [1.82, 2.24) is 14.3 Å². The molecule has 0 saturated heterocycles. The lowest BCUT2D eigenvalue weighted by atomic mass is 10.1. The molecule has 0 saturated carbocycles. The number of hydrogen-bond donors (Lipinski definition) is 1. The summed E-state index contributed by atoms with van der Waals surface area (Å²) in [6, 6.07) is 7.82. The van der Waals surface area contributed by atoms with Gasteiger partial charge in [0.2, 0.25) is 0 Å². The minimum Gasteiger partial charge on any atom is -0.336 e. The molecule has 3 rings (SSSR count). The van der Waals surface area contributed by atoms with Gasteiger partial charge in [0, 0.05) is 19.4 Å². The molecule has 1 atom stereocenters. The Labute approximate surface area is 147 Å². The van der Waals surface area contributed by atoms with Crippen molar-refractivity contribution in [2.45, 2.75) is 10.3 Å². The molecule has 5 nitrogen and oxygen atoms in total. The molecule has 0 bridgehead atoms. The number of benzene rings is 1. The van der Waals surface area contributed by atoms with E-state index >= 15 is 0 Å². The minimum atomic E-state index is -3.80. The van der Waals surface area contributed by atoms with Crippen LogP contribution in [-0.4, -0.2) is 18.0 Å². The Bertz CT molecular complexity index is 951. The highest BCUT2D eigenvalue weighted by Gasteiger charge is 2.26. The zero-order chi connectivity index (χ0) is 17.3. The van der Waals surface area contributed by atoms with Crippen molar-refractivity contribution in [1.29, 1.82) is 0 Å².